The van der Waals surface area contributed by atoms with Crippen molar-refractivity contribution < 1.29 is 14.3 Å². The van der Waals surface area contributed by atoms with Crippen LogP contribution in [0.4, 0.5) is 0 Å². The number of hydrogen-bond donors (Lipinski definition) is 0. The van der Waals surface area contributed by atoms with Crippen LogP contribution in [0.5, 0.6) is 5.75 Å². The number of fused-ring (bicyclic) bond motifs is 3. The summed E-state index contributed by atoms with van der Waals surface area (Å²) in [6.07, 6.45) is 7.35. The molecule has 0 aliphatic carbocycles. The summed E-state index contributed by atoms with van der Waals surface area (Å²) in [5.41, 5.74) is 1.98. The van der Waals surface area contributed by atoms with Crippen LogP contribution in [0.25, 0.3) is 0 Å². The molecule has 3 heterocycles. The lowest BCUT2D eigenvalue weighted by Gasteiger charge is -2.38. The molecule has 1 aromatic carbocycles. The van der Waals surface area contributed by atoms with Gasteiger partial charge in [0.15, 0.2) is 0 Å². The summed E-state index contributed by atoms with van der Waals surface area (Å²) in [6.45, 7) is 8.76. The highest BCUT2D eigenvalue weighted by Gasteiger charge is 2.33. The van der Waals surface area contributed by atoms with Crippen LogP contribution in [0.3, 0.4) is 0 Å². The minimum Gasteiger partial charge on any atom is -0.489 e. The lowest BCUT2D eigenvalue weighted by Crippen LogP contribution is -2.48. The molecule has 4 rings (SSSR count). The summed E-state index contributed by atoms with van der Waals surface area (Å²) in [5, 5.41) is 0. The topological polar surface area (TPSA) is 66.0 Å². The Morgan fingerprint density at radius 3 is 2.69 bits per heavy atom. The number of carbonyl (C=O) groups is 2. The first-order chi connectivity index (χ1) is 17.6. The number of amides is 2. The second kappa shape index (κ2) is 12.7. The van der Waals surface area contributed by atoms with E-state index in [4.69, 9.17) is 4.74 Å². The second-order valence-corrected chi connectivity index (χ2v) is 9.64. The summed E-state index contributed by atoms with van der Waals surface area (Å²) in [5.74, 6) is 1.51. The highest BCUT2D eigenvalue weighted by Crippen LogP contribution is 2.29. The molecule has 192 valence electrons. The van der Waals surface area contributed by atoms with Gasteiger partial charge in [-0.3, -0.25) is 19.5 Å². The maximum Gasteiger partial charge on any atom is 0.236 e. The summed E-state index contributed by atoms with van der Waals surface area (Å²) >= 11 is 0. The van der Waals surface area contributed by atoms with E-state index in [0.29, 0.717) is 45.8 Å². The number of hydrogen-bond acceptors (Lipinski definition) is 5. The molecule has 7 nitrogen and oxygen atoms in total. The highest BCUT2D eigenvalue weighted by molar-refractivity contribution is 5.79. The number of piperidine rings is 1. The first-order valence-electron chi connectivity index (χ1n) is 13.1. The third-order valence-electron chi connectivity index (χ3n) is 7.27. The van der Waals surface area contributed by atoms with Gasteiger partial charge in [0.2, 0.25) is 11.8 Å². The molecule has 1 aromatic heterocycles. The Bertz CT molecular complexity index is 1040. The Hall–Kier alpha value is -3.19. The molecule has 1 saturated heterocycles. The molecular formula is C29H38N4O3. The van der Waals surface area contributed by atoms with Gasteiger partial charge >= 0.3 is 0 Å². The minimum atomic E-state index is 0.121. The van der Waals surface area contributed by atoms with Gasteiger partial charge in [0.25, 0.3) is 0 Å². The van der Waals surface area contributed by atoms with Gasteiger partial charge < -0.3 is 14.5 Å². The lowest BCUT2D eigenvalue weighted by molar-refractivity contribution is -0.136. The SMILES string of the molecule is CCN(CC)C(=O)C[C@@H]1CCN2C[C@@H]1C=CCOc1ccccc1CN(Cc1ccccn1)CC2=O. The van der Waals surface area contributed by atoms with E-state index in [-0.39, 0.29) is 23.7 Å². The van der Waals surface area contributed by atoms with Crippen molar-refractivity contribution in [1.29, 1.82) is 0 Å². The van der Waals surface area contributed by atoms with Gasteiger partial charge in [0, 0.05) is 57.4 Å². The Balaban J connectivity index is 1.56. The number of benzene rings is 1. The van der Waals surface area contributed by atoms with Crippen molar-refractivity contribution in [2.24, 2.45) is 11.8 Å². The van der Waals surface area contributed by atoms with Gasteiger partial charge in [-0.05, 0) is 50.3 Å². The van der Waals surface area contributed by atoms with Crippen LogP contribution in [0.1, 0.15) is 37.9 Å². The van der Waals surface area contributed by atoms with Crippen molar-refractivity contribution in [3.8, 4) is 5.75 Å². The molecule has 36 heavy (non-hydrogen) atoms. The number of pyridine rings is 1. The molecule has 2 bridgehead atoms. The van der Waals surface area contributed by atoms with E-state index in [1.165, 1.54) is 0 Å². The molecular weight excluding hydrogens is 452 g/mol. The summed E-state index contributed by atoms with van der Waals surface area (Å²) < 4.78 is 6.15. The van der Waals surface area contributed by atoms with Gasteiger partial charge in [-0.1, -0.05) is 36.4 Å². The normalized spacial score (nSPS) is 20.9. The molecule has 2 aliphatic rings. The molecule has 2 atom stereocenters. The van der Waals surface area contributed by atoms with Crippen LogP contribution in [0.2, 0.25) is 0 Å². The highest BCUT2D eigenvalue weighted by atomic mass is 16.5. The third kappa shape index (κ3) is 6.72. The number of aromatic nitrogens is 1. The molecule has 0 N–H and O–H groups in total. The van der Waals surface area contributed by atoms with Gasteiger partial charge in [0.05, 0.1) is 12.2 Å². The molecule has 0 unspecified atom stereocenters. The number of ether oxygens (including phenoxy) is 1. The molecule has 2 amide bonds. The van der Waals surface area contributed by atoms with Crippen LogP contribution in [-0.2, 0) is 22.7 Å². The van der Waals surface area contributed by atoms with Gasteiger partial charge in [0.1, 0.15) is 12.4 Å². The first-order valence-corrected chi connectivity index (χ1v) is 13.1. The van der Waals surface area contributed by atoms with Crippen molar-refractivity contribution >= 4 is 11.8 Å². The van der Waals surface area contributed by atoms with Crippen LogP contribution < -0.4 is 4.74 Å². The zero-order valence-electron chi connectivity index (χ0n) is 21.5. The standard InChI is InChI=1S/C29H38N4O3/c1-3-32(4-2)28(34)18-23-14-16-33-20-24(23)11-9-17-36-27-13-6-5-10-25(27)19-31(22-29(33)35)21-26-12-7-8-15-30-26/h5-13,15,23-24H,3-4,14,16-22H2,1-2H3/t23-,24-/m0/s1. The largest absolute Gasteiger partial charge is 0.489 e. The second-order valence-electron chi connectivity index (χ2n) is 9.64. The number of nitrogens with zero attached hydrogens (tertiary/aromatic N) is 4. The van der Waals surface area contributed by atoms with Crippen LogP contribution in [0.15, 0.2) is 60.8 Å². The van der Waals surface area contributed by atoms with E-state index in [9.17, 15) is 9.59 Å². The average Bonchev–Trinajstić information content (AvgIpc) is 2.89. The van der Waals surface area contributed by atoms with Gasteiger partial charge in [-0.2, -0.15) is 0 Å². The molecule has 1 fully saturated rings. The molecule has 0 spiro atoms. The van der Waals surface area contributed by atoms with E-state index in [1.54, 1.807) is 6.20 Å². The van der Waals surface area contributed by atoms with Crippen LogP contribution in [-0.4, -0.2) is 70.8 Å². The predicted octanol–water partition coefficient (Wildman–Crippen LogP) is 3.76. The fraction of sp³-hybridized carbons (Fsp3) is 0.483. The van der Waals surface area contributed by atoms with E-state index in [2.05, 4.69) is 22.0 Å². The van der Waals surface area contributed by atoms with E-state index in [1.807, 2.05) is 66.1 Å². The van der Waals surface area contributed by atoms with Gasteiger partial charge in [-0.25, -0.2) is 0 Å². The Morgan fingerprint density at radius 1 is 1.11 bits per heavy atom. The smallest absolute Gasteiger partial charge is 0.236 e. The lowest BCUT2D eigenvalue weighted by atomic mass is 9.82. The van der Waals surface area contributed by atoms with Crippen molar-refractivity contribution in [2.75, 3.05) is 39.3 Å². The Morgan fingerprint density at radius 2 is 1.92 bits per heavy atom. The van der Waals surface area contributed by atoms with Crippen molar-refractivity contribution in [2.45, 2.75) is 39.8 Å². The van der Waals surface area contributed by atoms with Crippen LogP contribution >= 0.6 is 0 Å². The summed E-state index contributed by atoms with van der Waals surface area (Å²) in [4.78, 5) is 36.9. The van der Waals surface area contributed by atoms with Crippen LogP contribution in [0, 0.1) is 11.8 Å². The fourth-order valence-electron chi connectivity index (χ4n) is 5.22. The van der Waals surface area contributed by atoms with E-state index >= 15 is 0 Å². The van der Waals surface area contributed by atoms with Gasteiger partial charge in [-0.15, -0.1) is 0 Å². The van der Waals surface area contributed by atoms with Crippen molar-refractivity contribution in [1.82, 2.24) is 19.7 Å². The molecule has 2 aliphatic heterocycles. The summed E-state index contributed by atoms with van der Waals surface area (Å²) in [7, 11) is 0. The minimum absolute atomic E-state index is 0.121. The summed E-state index contributed by atoms with van der Waals surface area (Å²) in [6, 6.07) is 13.9. The van der Waals surface area contributed by atoms with Crippen molar-refractivity contribution in [3.63, 3.8) is 0 Å². The van der Waals surface area contributed by atoms with E-state index < -0.39 is 0 Å². The molecule has 0 saturated carbocycles. The predicted molar refractivity (Wildman–Crippen MR) is 140 cm³/mol. The number of para-hydroxylation sites is 1. The van der Waals surface area contributed by atoms with Crippen molar-refractivity contribution in [3.05, 3.63) is 72.1 Å². The van der Waals surface area contributed by atoms with E-state index in [0.717, 1.165) is 36.5 Å². The Kier molecular flexibility index (Phi) is 9.11. The molecule has 7 heteroatoms. The maximum absolute atomic E-state index is 13.5. The molecule has 0 radical (unpaired) electrons. The molecule has 2 aromatic rings. The average molecular weight is 491 g/mol. The Labute approximate surface area is 214 Å². The first kappa shape index (κ1) is 25.9. The number of carbonyl (C=O) groups excluding carboxylic acids is 2. The zero-order chi connectivity index (χ0) is 25.3. The number of rotatable bonds is 6. The third-order valence-corrected chi connectivity index (χ3v) is 7.27. The zero-order valence-corrected chi connectivity index (χ0v) is 21.5. The quantitative estimate of drug-likeness (QED) is 0.577. The maximum atomic E-state index is 13.5. The monoisotopic (exact) mass is 490 g/mol. The fourth-order valence-corrected chi connectivity index (χ4v) is 5.22.